The van der Waals surface area contributed by atoms with E-state index in [0.717, 1.165) is 17.1 Å². The van der Waals surface area contributed by atoms with Crippen LogP contribution in [0.1, 0.15) is 25.2 Å². The second-order valence-corrected chi connectivity index (χ2v) is 6.45. The molecule has 1 aromatic heterocycles. The van der Waals surface area contributed by atoms with Crippen molar-refractivity contribution in [1.29, 1.82) is 0 Å². The molecule has 1 heterocycles. The zero-order valence-corrected chi connectivity index (χ0v) is 14.4. The number of aryl methyl sites for hydroxylation is 2. The molecule has 0 spiro atoms. The third-order valence-electron chi connectivity index (χ3n) is 3.72. The number of hydrogen-bond donors (Lipinski definition) is 3. The van der Waals surface area contributed by atoms with Crippen LogP contribution in [0.25, 0.3) is 5.69 Å². The van der Waals surface area contributed by atoms with E-state index in [1.54, 1.807) is 19.9 Å². The first-order valence-electron chi connectivity index (χ1n) is 7.67. The maximum absolute atomic E-state index is 12.0. The van der Waals surface area contributed by atoms with Crippen LogP contribution in [0.2, 0.25) is 0 Å². The second kappa shape index (κ2) is 6.74. The summed E-state index contributed by atoms with van der Waals surface area (Å²) >= 11 is 0. The summed E-state index contributed by atoms with van der Waals surface area (Å²) in [7, 11) is 0. The highest BCUT2D eigenvalue weighted by molar-refractivity contribution is 5.90. The van der Waals surface area contributed by atoms with Crippen LogP contribution >= 0.6 is 0 Å². The van der Waals surface area contributed by atoms with Gasteiger partial charge in [-0.3, -0.25) is 4.79 Å². The van der Waals surface area contributed by atoms with Crippen LogP contribution in [-0.4, -0.2) is 28.3 Å². The minimum atomic E-state index is -0.803. The van der Waals surface area contributed by atoms with Crippen LogP contribution < -0.4 is 16.4 Å². The Balaban J connectivity index is 2.06. The lowest BCUT2D eigenvalue weighted by molar-refractivity contribution is -0.125. The summed E-state index contributed by atoms with van der Waals surface area (Å²) in [6, 6.07) is 8.97. The van der Waals surface area contributed by atoms with Crippen molar-refractivity contribution in [2.45, 2.75) is 27.7 Å². The predicted molar refractivity (Wildman–Crippen MR) is 93.0 cm³/mol. The number of carbonyl (C=O) groups excluding carboxylic acids is 2. The molecule has 0 radical (unpaired) electrons. The number of nitrogens with one attached hydrogen (secondary N) is 2. The number of rotatable bonds is 5. The molecule has 0 saturated carbocycles. The number of carbonyl (C=O) groups is 2. The number of anilines is 1. The van der Waals surface area contributed by atoms with Crippen LogP contribution in [0.15, 0.2) is 30.3 Å². The molecule has 0 fully saturated rings. The minimum absolute atomic E-state index is 0.158. The Morgan fingerprint density at radius 3 is 2.54 bits per heavy atom. The molecule has 2 aromatic rings. The van der Waals surface area contributed by atoms with Gasteiger partial charge in [0.15, 0.2) is 0 Å². The zero-order chi connectivity index (χ0) is 17.9. The molecule has 3 amide bonds. The lowest BCUT2D eigenvalue weighted by atomic mass is 9.93. The largest absolute Gasteiger partial charge is 0.369 e. The molecule has 0 bridgehead atoms. The summed E-state index contributed by atoms with van der Waals surface area (Å²) < 4.78 is 1.81. The van der Waals surface area contributed by atoms with Gasteiger partial charge in [0.2, 0.25) is 5.91 Å². The number of urea groups is 1. The van der Waals surface area contributed by atoms with Crippen molar-refractivity contribution in [3.63, 3.8) is 0 Å². The fraction of sp³-hybridized carbons (Fsp3) is 0.353. The molecular formula is C17H23N5O2. The molecule has 0 atom stereocenters. The highest BCUT2D eigenvalue weighted by Crippen LogP contribution is 2.17. The van der Waals surface area contributed by atoms with E-state index in [9.17, 15) is 9.59 Å². The SMILES string of the molecule is Cc1cc(C)n(-c2cccc(NC(=O)NCC(C)(C)C(N)=O)c2)n1. The number of primary amides is 1. The van der Waals surface area contributed by atoms with E-state index < -0.39 is 17.4 Å². The molecular weight excluding hydrogens is 306 g/mol. The van der Waals surface area contributed by atoms with Gasteiger partial charge in [0.05, 0.1) is 16.8 Å². The Morgan fingerprint density at radius 1 is 1.25 bits per heavy atom. The molecule has 0 aliphatic heterocycles. The van der Waals surface area contributed by atoms with Crippen LogP contribution in [-0.2, 0) is 4.79 Å². The third-order valence-corrected chi connectivity index (χ3v) is 3.72. The molecule has 4 N–H and O–H groups in total. The Labute approximate surface area is 141 Å². The molecule has 0 unspecified atom stereocenters. The standard InChI is InChI=1S/C17H23N5O2/c1-11-8-12(2)22(21-11)14-7-5-6-13(9-14)20-16(24)19-10-17(3,4)15(18)23/h5-9H,10H2,1-4H3,(H2,18,23)(H2,19,20,24). The van der Waals surface area contributed by atoms with Crippen LogP contribution in [0.3, 0.4) is 0 Å². The highest BCUT2D eigenvalue weighted by Gasteiger charge is 2.25. The second-order valence-electron chi connectivity index (χ2n) is 6.45. The quantitative estimate of drug-likeness (QED) is 0.783. The Kier molecular flexibility index (Phi) is 4.92. The first kappa shape index (κ1) is 17.5. The van der Waals surface area contributed by atoms with Gasteiger partial charge in [-0.1, -0.05) is 6.07 Å². The fourth-order valence-corrected chi connectivity index (χ4v) is 2.17. The first-order valence-corrected chi connectivity index (χ1v) is 7.67. The van der Waals surface area contributed by atoms with Gasteiger partial charge in [-0.05, 0) is 52.0 Å². The summed E-state index contributed by atoms with van der Waals surface area (Å²) in [5.74, 6) is -0.464. The molecule has 1 aromatic carbocycles. The fourth-order valence-electron chi connectivity index (χ4n) is 2.17. The number of nitrogens with two attached hydrogens (primary N) is 1. The van der Waals surface area contributed by atoms with Gasteiger partial charge in [0.1, 0.15) is 0 Å². The highest BCUT2D eigenvalue weighted by atomic mass is 16.2. The zero-order valence-electron chi connectivity index (χ0n) is 14.4. The van der Waals surface area contributed by atoms with E-state index in [2.05, 4.69) is 15.7 Å². The Hall–Kier alpha value is -2.83. The minimum Gasteiger partial charge on any atom is -0.369 e. The first-order chi connectivity index (χ1) is 11.2. The molecule has 7 nitrogen and oxygen atoms in total. The van der Waals surface area contributed by atoms with E-state index in [1.807, 2.05) is 42.8 Å². The van der Waals surface area contributed by atoms with E-state index in [4.69, 9.17) is 5.73 Å². The summed E-state index contributed by atoms with van der Waals surface area (Å²) in [6.45, 7) is 7.42. The van der Waals surface area contributed by atoms with Crippen molar-refractivity contribution in [3.8, 4) is 5.69 Å². The van der Waals surface area contributed by atoms with Crippen LogP contribution in [0.5, 0.6) is 0 Å². The molecule has 2 rings (SSSR count). The van der Waals surface area contributed by atoms with Gasteiger partial charge in [-0.25, -0.2) is 9.48 Å². The molecule has 0 aliphatic carbocycles. The van der Waals surface area contributed by atoms with E-state index in [0.29, 0.717) is 5.69 Å². The van der Waals surface area contributed by atoms with Crippen LogP contribution in [0, 0.1) is 19.3 Å². The van der Waals surface area contributed by atoms with Gasteiger partial charge >= 0.3 is 6.03 Å². The maximum atomic E-state index is 12.0. The number of aromatic nitrogens is 2. The average Bonchev–Trinajstić information content (AvgIpc) is 2.84. The van der Waals surface area contributed by atoms with Crippen molar-refractivity contribution in [1.82, 2.24) is 15.1 Å². The summed E-state index contributed by atoms with van der Waals surface area (Å²) in [4.78, 5) is 23.3. The molecule has 0 aliphatic rings. The number of hydrogen-bond acceptors (Lipinski definition) is 3. The molecule has 0 saturated heterocycles. The van der Waals surface area contributed by atoms with Crippen molar-refractivity contribution < 1.29 is 9.59 Å². The van der Waals surface area contributed by atoms with Gasteiger partial charge in [-0.15, -0.1) is 0 Å². The van der Waals surface area contributed by atoms with Gasteiger partial charge in [0, 0.05) is 17.9 Å². The van der Waals surface area contributed by atoms with Gasteiger partial charge in [-0.2, -0.15) is 5.10 Å². The lowest BCUT2D eigenvalue weighted by Gasteiger charge is -2.20. The monoisotopic (exact) mass is 329 g/mol. The Bertz CT molecular complexity index is 764. The third kappa shape index (κ3) is 4.13. The van der Waals surface area contributed by atoms with Crippen molar-refractivity contribution in [2.24, 2.45) is 11.1 Å². The van der Waals surface area contributed by atoms with Crippen molar-refractivity contribution in [3.05, 3.63) is 41.7 Å². The number of amides is 3. The predicted octanol–water partition coefficient (Wildman–Crippen LogP) is 2.12. The van der Waals surface area contributed by atoms with Crippen molar-refractivity contribution >= 4 is 17.6 Å². The summed E-state index contributed by atoms with van der Waals surface area (Å²) in [5, 5.41) is 9.83. The van der Waals surface area contributed by atoms with E-state index in [-0.39, 0.29) is 6.54 Å². The Morgan fingerprint density at radius 2 is 1.96 bits per heavy atom. The van der Waals surface area contributed by atoms with E-state index in [1.165, 1.54) is 0 Å². The molecule has 128 valence electrons. The van der Waals surface area contributed by atoms with Crippen LogP contribution in [0.4, 0.5) is 10.5 Å². The van der Waals surface area contributed by atoms with Crippen molar-refractivity contribution in [2.75, 3.05) is 11.9 Å². The maximum Gasteiger partial charge on any atom is 0.319 e. The number of nitrogens with zero attached hydrogens (tertiary/aromatic N) is 2. The van der Waals surface area contributed by atoms with Gasteiger partial charge < -0.3 is 16.4 Å². The topological polar surface area (TPSA) is 102 Å². The normalized spacial score (nSPS) is 11.2. The molecule has 7 heteroatoms. The smallest absolute Gasteiger partial charge is 0.319 e. The van der Waals surface area contributed by atoms with E-state index >= 15 is 0 Å². The molecule has 24 heavy (non-hydrogen) atoms. The summed E-state index contributed by atoms with van der Waals surface area (Å²) in [5.41, 5.74) is 7.92. The summed E-state index contributed by atoms with van der Waals surface area (Å²) in [6.07, 6.45) is 0. The number of benzene rings is 1. The lowest BCUT2D eigenvalue weighted by Crippen LogP contribution is -2.43. The average molecular weight is 329 g/mol. The van der Waals surface area contributed by atoms with Gasteiger partial charge in [0.25, 0.3) is 0 Å².